The molecular formula is C26H28N6O3. The van der Waals surface area contributed by atoms with Crippen molar-refractivity contribution in [2.24, 2.45) is 10.7 Å². The molecule has 2 aromatic heterocycles. The van der Waals surface area contributed by atoms with Gasteiger partial charge in [0.1, 0.15) is 12.4 Å². The first-order valence-corrected chi connectivity index (χ1v) is 11.4. The zero-order chi connectivity index (χ0) is 24.8. The van der Waals surface area contributed by atoms with Crippen LogP contribution in [0.25, 0.3) is 17.3 Å². The van der Waals surface area contributed by atoms with Gasteiger partial charge in [0.25, 0.3) is 5.91 Å². The lowest BCUT2D eigenvalue weighted by atomic mass is 10.1. The van der Waals surface area contributed by atoms with Crippen molar-refractivity contribution in [2.75, 3.05) is 12.3 Å². The number of hydroxylamine groups is 2. The Morgan fingerprint density at radius 2 is 1.91 bits per heavy atom. The minimum atomic E-state index is -0.266. The number of nitrogens with zero attached hydrogens (tertiary/aromatic N) is 4. The third-order valence-corrected chi connectivity index (χ3v) is 5.42. The Hall–Kier alpha value is -4.08. The van der Waals surface area contributed by atoms with Gasteiger partial charge in [0.05, 0.1) is 12.3 Å². The number of aliphatic hydroxyl groups excluding tert-OH is 1. The SMILES string of the molecule is CCCN(OCc1ccc(N)cc1)C(=O)C1=Cc2ccc(-c3cncc(CO)c3)nc2N=C(N)C1. The minimum Gasteiger partial charge on any atom is -0.399 e. The van der Waals surface area contributed by atoms with Gasteiger partial charge in [0.15, 0.2) is 5.82 Å². The fourth-order valence-corrected chi connectivity index (χ4v) is 3.64. The van der Waals surface area contributed by atoms with Crippen molar-refractivity contribution in [3.63, 3.8) is 0 Å². The topological polar surface area (TPSA) is 140 Å². The van der Waals surface area contributed by atoms with E-state index in [1.54, 1.807) is 30.6 Å². The molecule has 180 valence electrons. The van der Waals surface area contributed by atoms with E-state index in [9.17, 15) is 9.90 Å². The van der Waals surface area contributed by atoms with Gasteiger partial charge in [0.2, 0.25) is 0 Å². The van der Waals surface area contributed by atoms with Crippen molar-refractivity contribution >= 4 is 29.3 Å². The molecule has 35 heavy (non-hydrogen) atoms. The lowest BCUT2D eigenvalue weighted by molar-refractivity contribution is -0.187. The molecule has 0 unspecified atom stereocenters. The highest BCUT2D eigenvalue weighted by Crippen LogP contribution is 2.29. The molecule has 0 atom stereocenters. The molecule has 0 saturated carbocycles. The van der Waals surface area contributed by atoms with Crippen LogP contribution < -0.4 is 11.5 Å². The molecular weight excluding hydrogens is 444 g/mol. The Morgan fingerprint density at radius 3 is 2.66 bits per heavy atom. The Balaban J connectivity index is 1.58. The van der Waals surface area contributed by atoms with Crippen molar-refractivity contribution in [3.05, 3.63) is 77.1 Å². The van der Waals surface area contributed by atoms with Gasteiger partial charge in [-0.3, -0.25) is 14.6 Å². The molecule has 3 heterocycles. The first kappa shape index (κ1) is 24.1. The molecule has 1 aliphatic rings. The van der Waals surface area contributed by atoms with Crippen LogP contribution in [0.2, 0.25) is 0 Å². The highest BCUT2D eigenvalue weighted by molar-refractivity contribution is 6.05. The van der Waals surface area contributed by atoms with E-state index in [1.807, 2.05) is 37.3 Å². The van der Waals surface area contributed by atoms with Gasteiger partial charge >= 0.3 is 0 Å². The van der Waals surface area contributed by atoms with E-state index in [0.717, 1.165) is 17.5 Å². The van der Waals surface area contributed by atoms with E-state index in [1.165, 1.54) is 5.06 Å². The maximum atomic E-state index is 13.4. The molecule has 9 heteroatoms. The monoisotopic (exact) mass is 472 g/mol. The van der Waals surface area contributed by atoms with Crippen molar-refractivity contribution in [3.8, 4) is 11.3 Å². The summed E-state index contributed by atoms with van der Waals surface area (Å²) in [6.07, 6.45) is 5.93. The van der Waals surface area contributed by atoms with Crippen LogP contribution in [0.4, 0.5) is 11.5 Å². The molecule has 0 radical (unpaired) electrons. The Morgan fingerprint density at radius 1 is 1.11 bits per heavy atom. The molecule has 5 N–H and O–H groups in total. The van der Waals surface area contributed by atoms with Crippen LogP contribution in [0.5, 0.6) is 0 Å². The van der Waals surface area contributed by atoms with Gasteiger partial charge in [-0.25, -0.2) is 15.0 Å². The summed E-state index contributed by atoms with van der Waals surface area (Å²) in [6.45, 7) is 2.54. The fourth-order valence-electron chi connectivity index (χ4n) is 3.64. The van der Waals surface area contributed by atoms with E-state index in [4.69, 9.17) is 16.3 Å². The van der Waals surface area contributed by atoms with Crippen molar-refractivity contribution in [1.29, 1.82) is 0 Å². The summed E-state index contributed by atoms with van der Waals surface area (Å²) < 4.78 is 0. The van der Waals surface area contributed by atoms with Gasteiger partial charge in [0, 0.05) is 47.7 Å². The zero-order valence-corrected chi connectivity index (χ0v) is 19.5. The number of nitrogen functional groups attached to an aromatic ring is 1. The predicted octanol–water partition coefficient (Wildman–Crippen LogP) is 3.36. The molecule has 0 aliphatic carbocycles. The van der Waals surface area contributed by atoms with Gasteiger partial charge in [-0.15, -0.1) is 0 Å². The number of aliphatic imine (C=N–C) groups is 1. The van der Waals surface area contributed by atoms with Crippen LogP contribution in [0.3, 0.4) is 0 Å². The van der Waals surface area contributed by atoms with Crippen molar-refractivity contribution in [2.45, 2.75) is 33.0 Å². The highest BCUT2D eigenvalue weighted by atomic mass is 16.7. The molecule has 9 nitrogen and oxygen atoms in total. The number of hydrogen-bond acceptors (Lipinski definition) is 8. The number of aromatic nitrogens is 2. The number of amidine groups is 1. The largest absolute Gasteiger partial charge is 0.399 e. The molecule has 1 aromatic carbocycles. The third-order valence-electron chi connectivity index (χ3n) is 5.42. The second kappa shape index (κ2) is 10.9. The molecule has 0 fully saturated rings. The van der Waals surface area contributed by atoms with E-state index in [-0.39, 0.29) is 31.4 Å². The summed E-state index contributed by atoms with van der Waals surface area (Å²) in [5.41, 5.74) is 16.7. The van der Waals surface area contributed by atoms with Crippen molar-refractivity contribution < 1.29 is 14.7 Å². The Bertz CT molecular complexity index is 1270. The first-order valence-electron chi connectivity index (χ1n) is 11.4. The molecule has 3 aromatic rings. The molecule has 4 rings (SSSR count). The lowest BCUT2D eigenvalue weighted by Crippen LogP contribution is -2.34. The normalized spacial score (nSPS) is 12.9. The van der Waals surface area contributed by atoms with E-state index < -0.39 is 0 Å². The number of carbonyl (C=O) groups is 1. The van der Waals surface area contributed by atoms with Gasteiger partial charge in [-0.1, -0.05) is 19.1 Å². The number of benzene rings is 1. The van der Waals surface area contributed by atoms with Crippen LogP contribution in [0.1, 0.15) is 36.5 Å². The number of nitrogens with two attached hydrogens (primary N) is 2. The second-order valence-electron chi connectivity index (χ2n) is 8.22. The predicted molar refractivity (Wildman–Crippen MR) is 135 cm³/mol. The number of anilines is 1. The van der Waals surface area contributed by atoms with Crippen LogP contribution in [0.15, 0.2) is 65.4 Å². The number of hydrogen-bond donors (Lipinski definition) is 3. The summed E-state index contributed by atoms with van der Waals surface area (Å²) in [6, 6.07) is 12.8. The number of carbonyl (C=O) groups excluding carboxylic acids is 1. The van der Waals surface area contributed by atoms with E-state index in [0.29, 0.717) is 40.4 Å². The van der Waals surface area contributed by atoms with Crippen LogP contribution in [-0.2, 0) is 22.8 Å². The number of rotatable bonds is 8. The van der Waals surface area contributed by atoms with Crippen LogP contribution in [0, 0.1) is 0 Å². The highest BCUT2D eigenvalue weighted by Gasteiger charge is 2.23. The zero-order valence-electron chi connectivity index (χ0n) is 19.5. The summed E-state index contributed by atoms with van der Waals surface area (Å²) in [7, 11) is 0. The Kier molecular flexibility index (Phi) is 7.49. The lowest BCUT2D eigenvalue weighted by Gasteiger charge is -2.22. The first-order chi connectivity index (χ1) is 17.0. The van der Waals surface area contributed by atoms with Crippen LogP contribution in [-0.4, -0.2) is 38.4 Å². The van der Waals surface area contributed by atoms with Gasteiger partial charge < -0.3 is 16.6 Å². The quantitative estimate of drug-likeness (QED) is 0.337. The van der Waals surface area contributed by atoms with Gasteiger partial charge in [-0.2, -0.15) is 0 Å². The van der Waals surface area contributed by atoms with Gasteiger partial charge in [-0.05, 0) is 54.0 Å². The van der Waals surface area contributed by atoms with E-state index >= 15 is 0 Å². The van der Waals surface area contributed by atoms with Crippen LogP contribution >= 0.6 is 0 Å². The summed E-state index contributed by atoms with van der Waals surface area (Å²) in [4.78, 5) is 32.5. The van der Waals surface area contributed by atoms with E-state index in [2.05, 4.69) is 15.0 Å². The number of aliphatic hydroxyl groups is 1. The summed E-state index contributed by atoms with van der Waals surface area (Å²) >= 11 is 0. The molecule has 0 bridgehead atoms. The smallest absolute Gasteiger partial charge is 0.273 e. The van der Waals surface area contributed by atoms with Crippen molar-refractivity contribution in [1.82, 2.24) is 15.0 Å². The molecule has 1 amide bonds. The number of pyridine rings is 2. The summed E-state index contributed by atoms with van der Waals surface area (Å²) in [5.74, 6) is 0.435. The molecule has 0 spiro atoms. The Labute approximate surface area is 203 Å². The standard InChI is InChI=1S/C26H28N6O3/c1-2-9-32(35-16-17-3-6-22(27)7-4-17)26(34)20-11-19-5-8-23(30-25(19)31-24(28)12-20)21-10-18(15-33)13-29-14-21/h3-8,10-11,13-14,33H,2,9,12,15-16,27H2,1H3,(H2,28,30,31). The average molecular weight is 473 g/mol. The average Bonchev–Trinajstić information content (AvgIpc) is 3.04. The molecule has 0 saturated heterocycles. The third kappa shape index (κ3) is 5.89. The fraction of sp³-hybridized carbons (Fsp3) is 0.231. The maximum Gasteiger partial charge on any atom is 0.273 e. The number of amides is 1. The molecule has 1 aliphatic heterocycles. The number of fused-ring (bicyclic) bond motifs is 1. The minimum absolute atomic E-state index is 0.111. The summed E-state index contributed by atoms with van der Waals surface area (Å²) in [5, 5.41) is 10.8. The maximum absolute atomic E-state index is 13.4. The second-order valence-corrected chi connectivity index (χ2v) is 8.22.